The number of non-ortho nitro benzene ring substituents is 1. The summed E-state index contributed by atoms with van der Waals surface area (Å²) in [5, 5.41) is 13.6. The standard InChI is InChI=1S/C19H27N5O5/c1-15-14-16(24(27)28)2-3-17(15)20-18(25)4-5-21-6-8-22(9-7-21)19(26)23-10-12-29-13-11-23/h2-3,14H,4-13H2,1H3,(H,20,25). The van der Waals surface area contributed by atoms with Crippen molar-refractivity contribution >= 4 is 23.3 Å². The second kappa shape index (κ2) is 9.66. The smallest absolute Gasteiger partial charge is 0.320 e. The fourth-order valence-corrected chi connectivity index (χ4v) is 3.49. The van der Waals surface area contributed by atoms with Crippen molar-refractivity contribution in [3.8, 4) is 0 Å². The molecule has 2 fully saturated rings. The van der Waals surface area contributed by atoms with E-state index in [2.05, 4.69) is 10.2 Å². The Labute approximate surface area is 169 Å². The number of nitro groups is 1. The number of rotatable bonds is 5. The third-order valence-electron chi connectivity index (χ3n) is 5.27. The molecule has 0 spiro atoms. The first-order chi connectivity index (χ1) is 13.9. The number of hydrogen-bond acceptors (Lipinski definition) is 6. The van der Waals surface area contributed by atoms with Gasteiger partial charge in [0.05, 0.1) is 18.1 Å². The Morgan fingerprint density at radius 1 is 1.10 bits per heavy atom. The van der Waals surface area contributed by atoms with Crippen LogP contribution in [0.3, 0.4) is 0 Å². The number of morpholine rings is 1. The van der Waals surface area contributed by atoms with Crippen molar-refractivity contribution in [3.63, 3.8) is 0 Å². The summed E-state index contributed by atoms with van der Waals surface area (Å²) in [6, 6.07) is 4.45. The number of anilines is 1. The van der Waals surface area contributed by atoms with Gasteiger partial charge in [-0.25, -0.2) is 4.79 Å². The largest absolute Gasteiger partial charge is 0.378 e. The quantitative estimate of drug-likeness (QED) is 0.584. The van der Waals surface area contributed by atoms with E-state index < -0.39 is 4.92 Å². The number of urea groups is 1. The van der Waals surface area contributed by atoms with Gasteiger partial charge >= 0.3 is 6.03 Å². The van der Waals surface area contributed by atoms with Gasteiger partial charge in [0, 0.05) is 70.1 Å². The second-order valence-corrected chi connectivity index (χ2v) is 7.27. The predicted octanol–water partition coefficient (Wildman–Crippen LogP) is 1.30. The van der Waals surface area contributed by atoms with Crippen LogP contribution >= 0.6 is 0 Å². The van der Waals surface area contributed by atoms with Gasteiger partial charge in [-0.1, -0.05) is 0 Å². The molecule has 158 valence electrons. The Balaban J connectivity index is 1.40. The maximum atomic E-state index is 12.5. The first-order valence-electron chi connectivity index (χ1n) is 9.83. The van der Waals surface area contributed by atoms with Gasteiger partial charge in [0.15, 0.2) is 0 Å². The highest BCUT2D eigenvalue weighted by Crippen LogP contribution is 2.21. The molecular formula is C19H27N5O5. The third-order valence-corrected chi connectivity index (χ3v) is 5.27. The minimum Gasteiger partial charge on any atom is -0.378 e. The fourth-order valence-electron chi connectivity index (χ4n) is 3.49. The molecule has 0 unspecified atom stereocenters. The summed E-state index contributed by atoms with van der Waals surface area (Å²) in [7, 11) is 0. The molecule has 0 bridgehead atoms. The van der Waals surface area contributed by atoms with E-state index in [0.29, 0.717) is 63.6 Å². The number of piperazine rings is 1. The monoisotopic (exact) mass is 405 g/mol. The third kappa shape index (κ3) is 5.64. The van der Waals surface area contributed by atoms with Gasteiger partial charge in [-0.2, -0.15) is 0 Å². The summed E-state index contributed by atoms with van der Waals surface area (Å²) in [5.74, 6) is -0.131. The maximum absolute atomic E-state index is 12.5. The molecule has 2 aliphatic heterocycles. The number of amides is 3. The van der Waals surface area contributed by atoms with Crippen molar-refractivity contribution in [1.29, 1.82) is 0 Å². The highest BCUT2D eigenvalue weighted by molar-refractivity contribution is 5.91. The minimum absolute atomic E-state index is 0.00463. The van der Waals surface area contributed by atoms with Crippen LogP contribution in [-0.2, 0) is 9.53 Å². The number of benzene rings is 1. The molecule has 0 aliphatic carbocycles. The van der Waals surface area contributed by atoms with E-state index in [1.807, 2.05) is 9.80 Å². The van der Waals surface area contributed by atoms with E-state index in [9.17, 15) is 19.7 Å². The number of nitrogens with zero attached hydrogens (tertiary/aromatic N) is 4. The van der Waals surface area contributed by atoms with Crippen LogP contribution in [0.4, 0.5) is 16.2 Å². The Hall–Kier alpha value is -2.72. The molecule has 2 heterocycles. The van der Waals surface area contributed by atoms with Gasteiger partial charge in [0.25, 0.3) is 5.69 Å². The van der Waals surface area contributed by atoms with Crippen molar-refractivity contribution < 1.29 is 19.2 Å². The molecular weight excluding hydrogens is 378 g/mol. The fraction of sp³-hybridized carbons (Fsp3) is 0.579. The zero-order chi connectivity index (χ0) is 20.8. The molecule has 0 aromatic heterocycles. The van der Waals surface area contributed by atoms with Gasteiger partial charge in [0.1, 0.15) is 0 Å². The Morgan fingerprint density at radius 3 is 2.38 bits per heavy atom. The van der Waals surface area contributed by atoms with Gasteiger partial charge in [-0.05, 0) is 18.6 Å². The molecule has 1 N–H and O–H groups in total. The van der Waals surface area contributed by atoms with Crippen LogP contribution in [0.1, 0.15) is 12.0 Å². The van der Waals surface area contributed by atoms with Crippen LogP contribution < -0.4 is 5.32 Å². The Bertz CT molecular complexity index is 757. The van der Waals surface area contributed by atoms with Crippen LogP contribution in [0.2, 0.25) is 0 Å². The van der Waals surface area contributed by atoms with E-state index in [1.54, 1.807) is 13.0 Å². The molecule has 1 aromatic carbocycles. The van der Waals surface area contributed by atoms with Gasteiger partial charge in [-0.3, -0.25) is 19.8 Å². The topological polar surface area (TPSA) is 108 Å². The number of ether oxygens (including phenoxy) is 1. The van der Waals surface area contributed by atoms with E-state index in [0.717, 1.165) is 13.1 Å². The van der Waals surface area contributed by atoms with Crippen molar-refractivity contribution in [2.75, 3.05) is 64.3 Å². The average Bonchev–Trinajstić information content (AvgIpc) is 2.74. The van der Waals surface area contributed by atoms with Gasteiger partial charge in [0.2, 0.25) is 5.91 Å². The lowest BCUT2D eigenvalue weighted by Crippen LogP contribution is -2.54. The van der Waals surface area contributed by atoms with Crippen molar-refractivity contribution in [2.45, 2.75) is 13.3 Å². The number of hydrogen-bond donors (Lipinski definition) is 1. The SMILES string of the molecule is Cc1cc([N+](=O)[O-])ccc1NC(=O)CCN1CCN(C(=O)N2CCOCC2)CC1. The molecule has 3 rings (SSSR count). The summed E-state index contributed by atoms with van der Waals surface area (Å²) < 4.78 is 5.29. The number of carbonyl (C=O) groups excluding carboxylic acids is 2. The van der Waals surface area contributed by atoms with E-state index in [4.69, 9.17) is 4.74 Å². The molecule has 3 amide bonds. The normalized spacial score (nSPS) is 17.8. The van der Waals surface area contributed by atoms with Crippen LogP contribution in [0.5, 0.6) is 0 Å². The van der Waals surface area contributed by atoms with E-state index >= 15 is 0 Å². The van der Waals surface area contributed by atoms with Crippen molar-refractivity contribution in [1.82, 2.24) is 14.7 Å². The number of carbonyl (C=O) groups is 2. The molecule has 1 aromatic rings. The second-order valence-electron chi connectivity index (χ2n) is 7.27. The highest BCUT2D eigenvalue weighted by Gasteiger charge is 2.26. The molecule has 0 saturated carbocycles. The zero-order valence-corrected chi connectivity index (χ0v) is 16.6. The Kier molecular flexibility index (Phi) is 6.99. The molecule has 0 atom stereocenters. The van der Waals surface area contributed by atoms with Crippen LogP contribution in [-0.4, -0.2) is 90.6 Å². The van der Waals surface area contributed by atoms with Crippen LogP contribution in [0, 0.1) is 17.0 Å². The minimum atomic E-state index is -0.456. The maximum Gasteiger partial charge on any atom is 0.320 e. The average molecular weight is 405 g/mol. The van der Waals surface area contributed by atoms with E-state index in [1.165, 1.54) is 12.1 Å². The summed E-state index contributed by atoms with van der Waals surface area (Å²) in [5.41, 5.74) is 1.24. The first kappa shape index (κ1) is 21.0. The van der Waals surface area contributed by atoms with Gasteiger partial charge < -0.3 is 19.9 Å². The van der Waals surface area contributed by atoms with E-state index in [-0.39, 0.29) is 17.6 Å². The lowest BCUT2D eigenvalue weighted by molar-refractivity contribution is -0.384. The van der Waals surface area contributed by atoms with Crippen molar-refractivity contribution in [2.24, 2.45) is 0 Å². The number of nitro benzene ring substituents is 1. The molecule has 2 aliphatic rings. The highest BCUT2D eigenvalue weighted by atomic mass is 16.6. The summed E-state index contributed by atoms with van der Waals surface area (Å²) >= 11 is 0. The zero-order valence-electron chi connectivity index (χ0n) is 16.6. The first-order valence-corrected chi connectivity index (χ1v) is 9.83. The molecule has 0 radical (unpaired) electrons. The van der Waals surface area contributed by atoms with Gasteiger partial charge in [-0.15, -0.1) is 0 Å². The van der Waals surface area contributed by atoms with Crippen LogP contribution in [0.25, 0.3) is 0 Å². The lowest BCUT2D eigenvalue weighted by atomic mass is 10.1. The lowest BCUT2D eigenvalue weighted by Gasteiger charge is -2.38. The summed E-state index contributed by atoms with van der Waals surface area (Å²) in [6.45, 7) is 7.58. The predicted molar refractivity (Wildman–Crippen MR) is 107 cm³/mol. The molecule has 2 saturated heterocycles. The Morgan fingerprint density at radius 2 is 1.76 bits per heavy atom. The number of aryl methyl sites for hydroxylation is 1. The summed E-state index contributed by atoms with van der Waals surface area (Å²) in [4.78, 5) is 41.0. The molecule has 29 heavy (non-hydrogen) atoms. The molecule has 10 heteroatoms. The van der Waals surface area contributed by atoms with Crippen LogP contribution in [0.15, 0.2) is 18.2 Å². The summed E-state index contributed by atoms with van der Waals surface area (Å²) in [6.07, 6.45) is 0.327. The molecule has 10 nitrogen and oxygen atoms in total. The van der Waals surface area contributed by atoms with Crippen molar-refractivity contribution in [3.05, 3.63) is 33.9 Å². The number of nitrogens with one attached hydrogen (secondary N) is 1.